The molecule has 0 aliphatic carbocycles. The quantitative estimate of drug-likeness (QED) is 0.657. The molecule has 0 spiro atoms. The molecule has 1 heterocycles. The number of rotatable bonds is 4. The first-order valence-electron chi connectivity index (χ1n) is 6.86. The maximum atomic E-state index is 6.20. The zero-order valence-electron chi connectivity index (χ0n) is 11.6. The molecule has 4 heteroatoms. The van der Waals surface area contributed by atoms with Gasteiger partial charge in [-0.05, 0) is 36.4 Å². The van der Waals surface area contributed by atoms with Gasteiger partial charge in [0.2, 0.25) is 0 Å². The largest absolute Gasteiger partial charge is 0.457 e. The molecule has 21 heavy (non-hydrogen) atoms. The summed E-state index contributed by atoms with van der Waals surface area (Å²) in [5, 5.41) is 5.13. The maximum Gasteiger partial charge on any atom is 0.152 e. The lowest BCUT2D eigenvalue weighted by atomic mass is 10.0. The first kappa shape index (κ1) is 14.6. The van der Waals surface area contributed by atoms with E-state index in [0.717, 1.165) is 33.3 Å². The third kappa shape index (κ3) is 3.00. The number of para-hydroxylation sites is 1. The maximum absolute atomic E-state index is 6.20. The molecule has 108 valence electrons. The van der Waals surface area contributed by atoms with E-state index in [-0.39, 0.29) is 6.04 Å². The standard InChI is InChI=1S/C17H15BrClNO/c1-2-20-16(11-6-8-13(18)9-7-11)15-10-12-4-3-5-14(19)17(12)21-15/h3-10,16,20H,2H2,1H3. The number of hydrogen-bond acceptors (Lipinski definition) is 2. The number of nitrogens with one attached hydrogen (secondary N) is 1. The van der Waals surface area contributed by atoms with Crippen molar-refractivity contribution in [2.45, 2.75) is 13.0 Å². The molecule has 0 aliphatic heterocycles. The highest BCUT2D eigenvalue weighted by Gasteiger charge is 2.18. The van der Waals surface area contributed by atoms with Crippen molar-refractivity contribution in [2.75, 3.05) is 6.54 Å². The molecule has 0 bridgehead atoms. The van der Waals surface area contributed by atoms with Crippen molar-refractivity contribution in [2.24, 2.45) is 0 Å². The lowest BCUT2D eigenvalue weighted by Gasteiger charge is -2.16. The Morgan fingerprint density at radius 2 is 1.95 bits per heavy atom. The van der Waals surface area contributed by atoms with Crippen LogP contribution in [0.1, 0.15) is 24.3 Å². The summed E-state index contributed by atoms with van der Waals surface area (Å²) in [6, 6.07) is 16.1. The van der Waals surface area contributed by atoms with Crippen LogP contribution in [0.3, 0.4) is 0 Å². The molecule has 3 aromatic rings. The fraction of sp³-hybridized carbons (Fsp3) is 0.176. The Hall–Kier alpha value is -1.29. The average molecular weight is 365 g/mol. The van der Waals surface area contributed by atoms with Crippen molar-refractivity contribution >= 4 is 38.5 Å². The van der Waals surface area contributed by atoms with Crippen LogP contribution in [0.25, 0.3) is 11.0 Å². The fourth-order valence-corrected chi connectivity index (χ4v) is 2.92. The first-order chi connectivity index (χ1) is 10.2. The molecule has 0 amide bonds. The van der Waals surface area contributed by atoms with Crippen molar-refractivity contribution in [1.82, 2.24) is 5.32 Å². The van der Waals surface area contributed by atoms with Gasteiger partial charge < -0.3 is 9.73 Å². The number of fused-ring (bicyclic) bond motifs is 1. The van der Waals surface area contributed by atoms with Gasteiger partial charge in [-0.3, -0.25) is 0 Å². The van der Waals surface area contributed by atoms with Gasteiger partial charge in [-0.15, -0.1) is 0 Å². The number of halogens is 2. The number of benzene rings is 2. The molecule has 1 unspecified atom stereocenters. The Bertz CT molecular complexity index is 751. The van der Waals surface area contributed by atoms with Gasteiger partial charge in [-0.2, -0.15) is 0 Å². The summed E-state index contributed by atoms with van der Waals surface area (Å²) in [4.78, 5) is 0. The van der Waals surface area contributed by atoms with E-state index < -0.39 is 0 Å². The monoisotopic (exact) mass is 363 g/mol. The summed E-state index contributed by atoms with van der Waals surface area (Å²) >= 11 is 9.66. The molecule has 0 saturated carbocycles. The van der Waals surface area contributed by atoms with E-state index in [0.29, 0.717) is 5.02 Å². The normalized spacial score (nSPS) is 12.7. The molecule has 1 atom stereocenters. The lowest BCUT2D eigenvalue weighted by Crippen LogP contribution is -2.21. The van der Waals surface area contributed by atoms with Crippen LogP contribution in [-0.2, 0) is 0 Å². The number of hydrogen-bond donors (Lipinski definition) is 1. The summed E-state index contributed by atoms with van der Waals surface area (Å²) in [6.45, 7) is 2.94. The molecule has 0 aliphatic rings. The predicted octanol–water partition coefficient (Wildman–Crippen LogP) is 5.55. The van der Waals surface area contributed by atoms with Gasteiger partial charge in [0.05, 0.1) is 11.1 Å². The fourth-order valence-electron chi connectivity index (χ4n) is 2.43. The van der Waals surface area contributed by atoms with E-state index in [9.17, 15) is 0 Å². The second kappa shape index (κ2) is 6.22. The summed E-state index contributed by atoms with van der Waals surface area (Å²) in [5.41, 5.74) is 1.91. The molecule has 0 fully saturated rings. The number of furan rings is 1. The van der Waals surface area contributed by atoms with Crippen molar-refractivity contribution in [3.63, 3.8) is 0 Å². The molecule has 2 aromatic carbocycles. The topological polar surface area (TPSA) is 25.2 Å². The molecule has 1 aromatic heterocycles. The van der Waals surface area contributed by atoms with E-state index >= 15 is 0 Å². The second-order valence-corrected chi connectivity index (χ2v) is 6.17. The van der Waals surface area contributed by atoms with E-state index in [2.05, 4.69) is 46.4 Å². The summed E-state index contributed by atoms with van der Waals surface area (Å²) in [7, 11) is 0. The van der Waals surface area contributed by atoms with Gasteiger partial charge in [0, 0.05) is 9.86 Å². The predicted molar refractivity (Wildman–Crippen MR) is 90.9 cm³/mol. The molecule has 1 N–H and O–H groups in total. The third-order valence-corrected chi connectivity index (χ3v) is 4.24. The van der Waals surface area contributed by atoms with E-state index in [4.69, 9.17) is 16.0 Å². The van der Waals surface area contributed by atoms with Crippen LogP contribution >= 0.6 is 27.5 Å². The Kier molecular flexibility index (Phi) is 4.34. The lowest BCUT2D eigenvalue weighted by molar-refractivity contribution is 0.477. The Balaban J connectivity index is 2.06. The molecular weight excluding hydrogens is 350 g/mol. The van der Waals surface area contributed by atoms with E-state index in [1.165, 1.54) is 0 Å². The van der Waals surface area contributed by atoms with Crippen molar-refractivity contribution < 1.29 is 4.42 Å². The van der Waals surface area contributed by atoms with Crippen molar-refractivity contribution in [3.05, 3.63) is 69.3 Å². The summed E-state index contributed by atoms with van der Waals surface area (Å²) < 4.78 is 7.06. The SMILES string of the molecule is CCNC(c1ccc(Br)cc1)c1cc2cccc(Cl)c2o1. The van der Waals surface area contributed by atoms with Gasteiger partial charge in [0.25, 0.3) is 0 Å². The molecule has 0 saturated heterocycles. The minimum atomic E-state index is 0.0200. The highest BCUT2D eigenvalue weighted by Crippen LogP contribution is 2.32. The smallest absolute Gasteiger partial charge is 0.152 e. The Morgan fingerprint density at radius 3 is 2.62 bits per heavy atom. The van der Waals surface area contributed by atoms with Crippen LogP contribution in [0.5, 0.6) is 0 Å². The van der Waals surface area contributed by atoms with Crippen molar-refractivity contribution in [3.8, 4) is 0 Å². The van der Waals surface area contributed by atoms with Gasteiger partial charge >= 0.3 is 0 Å². The van der Waals surface area contributed by atoms with Crippen molar-refractivity contribution in [1.29, 1.82) is 0 Å². The molecule has 3 rings (SSSR count). The van der Waals surface area contributed by atoms with Crippen LogP contribution in [-0.4, -0.2) is 6.54 Å². The summed E-state index contributed by atoms with van der Waals surface area (Å²) in [5.74, 6) is 0.877. The van der Waals surface area contributed by atoms with Crippen LogP contribution in [0, 0.1) is 0 Å². The molecule has 2 nitrogen and oxygen atoms in total. The van der Waals surface area contributed by atoms with Crippen LogP contribution in [0.2, 0.25) is 5.02 Å². The Morgan fingerprint density at radius 1 is 1.19 bits per heavy atom. The zero-order chi connectivity index (χ0) is 14.8. The van der Waals surface area contributed by atoms with E-state index in [1.54, 1.807) is 0 Å². The average Bonchev–Trinajstić information content (AvgIpc) is 2.91. The minimum absolute atomic E-state index is 0.0200. The molecule has 0 radical (unpaired) electrons. The third-order valence-electron chi connectivity index (χ3n) is 3.41. The van der Waals surface area contributed by atoms with Gasteiger partial charge in [0.15, 0.2) is 5.58 Å². The van der Waals surface area contributed by atoms with Crippen LogP contribution < -0.4 is 5.32 Å². The summed E-state index contributed by atoms with van der Waals surface area (Å²) in [6.07, 6.45) is 0. The van der Waals surface area contributed by atoms with Gasteiger partial charge in [-0.25, -0.2) is 0 Å². The highest BCUT2D eigenvalue weighted by molar-refractivity contribution is 9.10. The zero-order valence-corrected chi connectivity index (χ0v) is 13.9. The Labute approximate surface area is 137 Å². The minimum Gasteiger partial charge on any atom is -0.457 e. The van der Waals surface area contributed by atoms with Gasteiger partial charge in [-0.1, -0.05) is 58.7 Å². The highest BCUT2D eigenvalue weighted by atomic mass is 79.9. The van der Waals surface area contributed by atoms with Crippen LogP contribution in [0.4, 0.5) is 0 Å². The van der Waals surface area contributed by atoms with Gasteiger partial charge in [0.1, 0.15) is 5.76 Å². The van der Waals surface area contributed by atoms with E-state index in [1.807, 2.05) is 30.3 Å². The van der Waals surface area contributed by atoms with Crippen LogP contribution in [0.15, 0.2) is 57.4 Å². The second-order valence-electron chi connectivity index (χ2n) is 4.85. The first-order valence-corrected chi connectivity index (χ1v) is 8.03. The molecular formula is C17H15BrClNO.